The molecule has 0 radical (unpaired) electrons. The summed E-state index contributed by atoms with van der Waals surface area (Å²) >= 11 is 1.60. The summed E-state index contributed by atoms with van der Waals surface area (Å²) in [4.78, 5) is 5.70. The quantitative estimate of drug-likeness (QED) is 0.165. The van der Waals surface area contributed by atoms with Crippen LogP contribution in [-0.4, -0.2) is 10.8 Å². The SMILES string of the molecule is CC#N.NN/N=C(\N)C(Oc1cc(-c2ccco2)cc(-c2cccs2)n1)c1ccccc1. The zero-order chi connectivity index (χ0) is 22.8. The molecule has 1 aromatic carbocycles. The number of hydrazone groups is 1. The molecule has 4 rings (SSSR count). The van der Waals surface area contributed by atoms with Gasteiger partial charge in [0.1, 0.15) is 5.76 Å². The van der Waals surface area contributed by atoms with Crippen LogP contribution < -0.4 is 21.8 Å². The number of thiophene rings is 1. The summed E-state index contributed by atoms with van der Waals surface area (Å²) in [5.74, 6) is 6.61. The molecule has 0 saturated carbocycles. The van der Waals surface area contributed by atoms with Crippen LogP contribution in [0.4, 0.5) is 0 Å². The van der Waals surface area contributed by atoms with E-state index in [0.717, 1.165) is 27.5 Å². The number of aromatic nitrogens is 1. The van der Waals surface area contributed by atoms with Crippen molar-refractivity contribution in [2.45, 2.75) is 13.0 Å². The van der Waals surface area contributed by atoms with E-state index >= 15 is 0 Å². The van der Waals surface area contributed by atoms with Crippen molar-refractivity contribution in [1.29, 1.82) is 5.26 Å². The number of pyridine rings is 1. The number of furan rings is 1. The first-order chi connectivity index (χ1) is 15.7. The topological polar surface area (TPSA) is 135 Å². The van der Waals surface area contributed by atoms with Crippen molar-refractivity contribution in [3.63, 3.8) is 0 Å². The lowest BCUT2D eigenvalue weighted by Gasteiger charge is -2.19. The summed E-state index contributed by atoms with van der Waals surface area (Å²) in [7, 11) is 0. The highest BCUT2D eigenvalue weighted by molar-refractivity contribution is 7.13. The van der Waals surface area contributed by atoms with Gasteiger partial charge < -0.3 is 14.9 Å². The van der Waals surface area contributed by atoms with Gasteiger partial charge >= 0.3 is 0 Å². The van der Waals surface area contributed by atoms with Crippen LogP contribution in [0.25, 0.3) is 21.9 Å². The number of hydrogen-bond donors (Lipinski definition) is 3. The van der Waals surface area contributed by atoms with Crippen LogP contribution in [-0.2, 0) is 0 Å². The Balaban J connectivity index is 0.000000913. The van der Waals surface area contributed by atoms with Crippen molar-refractivity contribution < 1.29 is 9.15 Å². The maximum absolute atomic E-state index is 7.32. The van der Waals surface area contributed by atoms with Gasteiger partial charge in [0.25, 0.3) is 0 Å². The van der Waals surface area contributed by atoms with E-state index in [9.17, 15) is 0 Å². The number of nitriles is 1. The Hall–Kier alpha value is -4.13. The van der Waals surface area contributed by atoms with Gasteiger partial charge in [-0.15, -0.1) is 16.4 Å². The highest BCUT2D eigenvalue weighted by Crippen LogP contribution is 2.32. The Morgan fingerprint density at radius 2 is 1.97 bits per heavy atom. The summed E-state index contributed by atoms with van der Waals surface area (Å²) in [5, 5.41) is 13.2. The second kappa shape index (κ2) is 11.3. The van der Waals surface area contributed by atoms with E-state index in [-0.39, 0.29) is 5.84 Å². The molecule has 0 fully saturated rings. The van der Waals surface area contributed by atoms with Gasteiger partial charge in [-0.05, 0) is 29.6 Å². The first-order valence-corrected chi connectivity index (χ1v) is 10.4. The predicted octanol–water partition coefficient (Wildman–Crippen LogP) is 4.46. The third kappa shape index (κ3) is 5.72. The Morgan fingerprint density at radius 3 is 2.59 bits per heavy atom. The highest BCUT2D eigenvalue weighted by atomic mass is 32.1. The van der Waals surface area contributed by atoms with Crippen LogP contribution in [0.2, 0.25) is 0 Å². The molecule has 162 valence electrons. The third-order valence-electron chi connectivity index (χ3n) is 4.18. The summed E-state index contributed by atoms with van der Waals surface area (Å²) < 4.78 is 11.8. The maximum atomic E-state index is 7.32. The van der Waals surface area contributed by atoms with Gasteiger partial charge in [0, 0.05) is 24.1 Å². The van der Waals surface area contributed by atoms with Crippen molar-refractivity contribution in [3.8, 4) is 33.8 Å². The molecule has 0 saturated heterocycles. The number of hydrazine groups is 1. The molecule has 0 aliphatic rings. The molecule has 9 heteroatoms. The minimum absolute atomic E-state index is 0.182. The molecule has 1 atom stereocenters. The van der Waals surface area contributed by atoms with E-state index in [0.29, 0.717) is 5.88 Å². The van der Waals surface area contributed by atoms with E-state index < -0.39 is 6.10 Å². The molecule has 32 heavy (non-hydrogen) atoms. The Morgan fingerprint density at radius 1 is 1.19 bits per heavy atom. The van der Waals surface area contributed by atoms with E-state index in [1.807, 2.05) is 72.1 Å². The number of nitrogens with one attached hydrogen (secondary N) is 1. The number of nitrogens with zero attached hydrogens (tertiary/aromatic N) is 3. The Bertz CT molecular complexity index is 1120. The molecule has 0 aliphatic carbocycles. The zero-order valence-electron chi connectivity index (χ0n) is 17.3. The molecule has 0 bridgehead atoms. The van der Waals surface area contributed by atoms with Gasteiger partial charge in [-0.25, -0.2) is 16.4 Å². The van der Waals surface area contributed by atoms with Crippen molar-refractivity contribution in [3.05, 3.63) is 83.9 Å². The summed E-state index contributed by atoms with van der Waals surface area (Å²) in [6.45, 7) is 1.43. The lowest BCUT2D eigenvalue weighted by atomic mass is 10.1. The van der Waals surface area contributed by atoms with Crippen molar-refractivity contribution in [2.75, 3.05) is 0 Å². The van der Waals surface area contributed by atoms with Crippen LogP contribution in [0.1, 0.15) is 18.6 Å². The largest absolute Gasteiger partial charge is 0.464 e. The van der Waals surface area contributed by atoms with Crippen LogP contribution in [0.15, 0.2) is 87.9 Å². The second-order valence-corrected chi connectivity index (χ2v) is 7.28. The number of benzene rings is 1. The van der Waals surface area contributed by atoms with Gasteiger partial charge in [-0.1, -0.05) is 36.4 Å². The van der Waals surface area contributed by atoms with Gasteiger partial charge in [0.2, 0.25) is 5.88 Å². The molecular weight excluding hydrogens is 424 g/mol. The average Bonchev–Trinajstić information content (AvgIpc) is 3.53. The third-order valence-corrected chi connectivity index (χ3v) is 5.08. The molecule has 3 heterocycles. The maximum Gasteiger partial charge on any atom is 0.215 e. The molecule has 3 aromatic heterocycles. The monoisotopic (exact) mass is 446 g/mol. The van der Waals surface area contributed by atoms with Crippen molar-refractivity contribution in [1.82, 2.24) is 10.5 Å². The minimum atomic E-state index is -0.664. The standard InChI is InChI=1S/C21H19N5O2S.C2H3N/c22-21(25-26-23)20(14-6-2-1-3-7-14)28-19-13-15(17-8-4-10-27-17)12-16(24-19)18-9-5-11-29-18;1-2-3/h1-13,20,26H,23H2,(H2,22,25);1H3. The van der Waals surface area contributed by atoms with E-state index in [2.05, 4.69) is 15.6 Å². The van der Waals surface area contributed by atoms with Gasteiger partial charge in [-0.3, -0.25) is 0 Å². The normalized spacial score (nSPS) is 11.6. The van der Waals surface area contributed by atoms with Crippen molar-refractivity contribution >= 4 is 17.2 Å². The summed E-state index contributed by atoms with van der Waals surface area (Å²) in [6.07, 6.45) is 0.966. The van der Waals surface area contributed by atoms with Gasteiger partial charge in [0.15, 0.2) is 11.9 Å². The van der Waals surface area contributed by atoms with E-state index in [1.165, 1.54) is 6.92 Å². The molecular formula is C23H22N6O2S. The number of ether oxygens (including phenoxy) is 1. The number of rotatable bonds is 7. The first-order valence-electron chi connectivity index (χ1n) is 9.57. The summed E-state index contributed by atoms with van der Waals surface area (Å²) in [5.41, 5.74) is 10.8. The fourth-order valence-electron chi connectivity index (χ4n) is 2.88. The highest BCUT2D eigenvalue weighted by Gasteiger charge is 2.20. The fourth-order valence-corrected chi connectivity index (χ4v) is 3.57. The van der Waals surface area contributed by atoms with Gasteiger partial charge in [-0.2, -0.15) is 5.26 Å². The fraction of sp³-hybridized carbons (Fsp3) is 0.0870. The lowest BCUT2D eigenvalue weighted by Crippen LogP contribution is -2.31. The first kappa shape index (κ1) is 22.6. The van der Waals surface area contributed by atoms with Crippen LogP contribution >= 0.6 is 11.3 Å². The van der Waals surface area contributed by atoms with Crippen molar-refractivity contribution in [2.24, 2.45) is 16.7 Å². The summed E-state index contributed by atoms with van der Waals surface area (Å²) in [6, 6.07) is 22.8. The minimum Gasteiger partial charge on any atom is -0.464 e. The predicted molar refractivity (Wildman–Crippen MR) is 125 cm³/mol. The Labute approximate surface area is 189 Å². The molecule has 1 unspecified atom stereocenters. The second-order valence-electron chi connectivity index (χ2n) is 6.33. The van der Waals surface area contributed by atoms with Crippen LogP contribution in [0, 0.1) is 11.3 Å². The smallest absolute Gasteiger partial charge is 0.215 e. The van der Waals surface area contributed by atoms with E-state index in [1.54, 1.807) is 23.7 Å². The zero-order valence-corrected chi connectivity index (χ0v) is 18.1. The molecule has 5 N–H and O–H groups in total. The lowest BCUT2D eigenvalue weighted by molar-refractivity contribution is 0.260. The number of amidine groups is 1. The molecule has 4 aromatic rings. The van der Waals surface area contributed by atoms with E-state index in [4.69, 9.17) is 26.0 Å². The molecule has 8 nitrogen and oxygen atoms in total. The number of nitrogens with two attached hydrogens (primary N) is 2. The van der Waals surface area contributed by atoms with Crippen LogP contribution in [0.3, 0.4) is 0 Å². The molecule has 0 amide bonds. The average molecular weight is 447 g/mol. The molecule has 0 spiro atoms. The van der Waals surface area contributed by atoms with Crippen LogP contribution in [0.5, 0.6) is 5.88 Å². The Kier molecular flexibility index (Phi) is 7.97. The van der Waals surface area contributed by atoms with Gasteiger partial charge in [0.05, 0.1) is 22.9 Å². The molecule has 0 aliphatic heterocycles. The number of hydrogen-bond acceptors (Lipinski definition) is 8.